The van der Waals surface area contributed by atoms with Crippen LogP contribution in [0.4, 0.5) is 0 Å². The van der Waals surface area contributed by atoms with Gasteiger partial charge in [-0.1, -0.05) is 11.6 Å². The fourth-order valence-corrected chi connectivity index (χ4v) is 5.53. The molecule has 2 amide bonds. The van der Waals surface area contributed by atoms with Gasteiger partial charge in [0.1, 0.15) is 5.76 Å². The zero-order valence-corrected chi connectivity index (χ0v) is 18.0. The van der Waals surface area contributed by atoms with Crippen molar-refractivity contribution in [3.63, 3.8) is 0 Å². The number of rotatable bonds is 3. The Hall–Kier alpha value is -1.51. The fourth-order valence-electron chi connectivity index (χ4n) is 3.62. The molecule has 0 saturated carbocycles. The van der Waals surface area contributed by atoms with E-state index in [-0.39, 0.29) is 17.7 Å². The predicted molar refractivity (Wildman–Crippen MR) is 112 cm³/mol. The summed E-state index contributed by atoms with van der Waals surface area (Å²) in [6.45, 7) is 4.62. The Bertz CT molecular complexity index is 868. The predicted octanol–water partition coefficient (Wildman–Crippen LogP) is 3.91. The molecule has 0 bridgehead atoms. The monoisotopic (exact) mass is 439 g/mol. The van der Waals surface area contributed by atoms with Gasteiger partial charge in [-0.3, -0.25) is 9.59 Å². The first kappa shape index (κ1) is 19.8. The number of oxazole rings is 1. The summed E-state index contributed by atoms with van der Waals surface area (Å²) in [6, 6.07) is 3.52. The average molecular weight is 440 g/mol. The number of hydrogen-bond acceptors (Lipinski definition) is 6. The molecule has 9 heteroatoms. The fraction of sp³-hybridized carbons (Fsp3) is 0.526. The van der Waals surface area contributed by atoms with Crippen molar-refractivity contribution in [2.45, 2.75) is 25.7 Å². The maximum Gasteiger partial charge on any atom is 0.276 e. The molecule has 6 nitrogen and oxygen atoms in total. The van der Waals surface area contributed by atoms with Crippen LogP contribution in [0, 0.1) is 6.92 Å². The molecule has 2 aliphatic heterocycles. The second-order valence-electron chi connectivity index (χ2n) is 7.03. The molecule has 2 saturated heterocycles. The zero-order chi connectivity index (χ0) is 19.7. The standard InChI is InChI=1S/C19H22ClN3O3S2/c1-12-16(19(25)23-8-10-27-11-9-23)21-17(26-12)13-4-6-22(7-5-13)18(24)14-2-3-15(20)28-14/h2-3,13H,4-11H2,1H3. The Balaban J connectivity index is 1.39. The number of piperidine rings is 1. The Morgan fingerprint density at radius 1 is 1.11 bits per heavy atom. The first-order valence-electron chi connectivity index (χ1n) is 9.42. The van der Waals surface area contributed by atoms with E-state index in [1.807, 2.05) is 28.5 Å². The maximum atomic E-state index is 12.7. The van der Waals surface area contributed by atoms with Crippen LogP contribution in [0.1, 0.15) is 50.6 Å². The van der Waals surface area contributed by atoms with Crippen molar-refractivity contribution in [2.24, 2.45) is 0 Å². The number of aryl methyl sites for hydroxylation is 1. The second kappa shape index (κ2) is 8.47. The third-order valence-electron chi connectivity index (χ3n) is 5.23. The van der Waals surface area contributed by atoms with Gasteiger partial charge in [-0.05, 0) is 31.9 Å². The Morgan fingerprint density at radius 2 is 1.79 bits per heavy atom. The maximum absolute atomic E-state index is 12.7. The molecular weight excluding hydrogens is 418 g/mol. The molecule has 4 rings (SSSR count). The SMILES string of the molecule is Cc1oc(C2CCN(C(=O)c3ccc(Cl)s3)CC2)nc1C(=O)N1CCSCC1. The highest BCUT2D eigenvalue weighted by Crippen LogP contribution is 2.31. The van der Waals surface area contributed by atoms with Crippen LogP contribution in [0.2, 0.25) is 4.34 Å². The molecular formula is C19H22ClN3O3S2. The second-order valence-corrected chi connectivity index (χ2v) is 9.97. The van der Waals surface area contributed by atoms with E-state index in [0.717, 1.165) is 37.4 Å². The summed E-state index contributed by atoms with van der Waals surface area (Å²) in [6.07, 6.45) is 1.55. The summed E-state index contributed by atoms with van der Waals surface area (Å²) >= 11 is 9.12. The van der Waals surface area contributed by atoms with Gasteiger partial charge in [0.25, 0.3) is 11.8 Å². The average Bonchev–Trinajstić information content (AvgIpc) is 3.33. The van der Waals surface area contributed by atoms with Crippen molar-refractivity contribution in [1.82, 2.24) is 14.8 Å². The van der Waals surface area contributed by atoms with E-state index >= 15 is 0 Å². The van der Waals surface area contributed by atoms with Crippen molar-refractivity contribution in [2.75, 3.05) is 37.7 Å². The summed E-state index contributed by atoms with van der Waals surface area (Å²) in [7, 11) is 0. The van der Waals surface area contributed by atoms with Gasteiger partial charge in [0.05, 0.1) is 9.21 Å². The van der Waals surface area contributed by atoms with Gasteiger partial charge < -0.3 is 14.2 Å². The van der Waals surface area contributed by atoms with Gasteiger partial charge >= 0.3 is 0 Å². The summed E-state index contributed by atoms with van der Waals surface area (Å²) in [4.78, 5) is 34.3. The minimum absolute atomic E-state index is 0.0257. The number of amides is 2. The lowest BCUT2D eigenvalue weighted by atomic mass is 9.96. The molecule has 0 radical (unpaired) electrons. The van der Waals surface area contributed by atoms with Gasteiger partial charge in [0.15, 0.2) is 11.6 Å². The zero-order valence-electron chi connectivity index (χ0n) is 15.6. The van der Waals surface area contributed by atoms with E-state index in [2.05, 4.69) is 4.98 Å². The molecule has 2 aliphatic rings. The van der Waals surface area contributed by atoms with Crippen LogP contribution < -0.4 is 0 Å². The number of likely N-dealkylation sites (tertiary alicyclic amines) is 1. The van der Waals surface area contributed by atoms with Gasteiger partial charge in [-0.15, -0.1) is 11.3 Å². The highest BCUT2D eigenvalue weighted by molar-refractivity contribution is 7.99. The molecule has 0 N–H and O–H groups in total. The first-order chi connectivity index (χ1) is 13.5. The van der Waals surface area contributed by atoms with Gasteiger partial charge in [0, 0.05) is 43.6 Å². The summed E-state index contributed by atoms with van der Waals surface area (Å²) in [5, 5.41) is 0. The van der Waals surface area contributed by atoms with E-state index in [0.29, 0.717) is 39.6 Å². The number of nitrogens with zero attached hydrogens (tertiary/aromatic N) is 3. The smallest absolute Gasteiger partial charge is 0.276 e. The van der Waals surface area contributed by atoms with E-state index in [9.17, 15) is 9.59 Å². The Labute approximate surface area is 177 Å². The number of thiophene rings is 1. The molecule has 2 fully saturated rings. The van der Waals surface area contributed by atoms with E-state index in [1.165, 1.54) is 11.3 Å². The molecule has 4 heterocycles. The number of carbonyl (C=O) groups is 2. The largest absolute Gasteiger partial charge is 0.445 e. The first-order valence-corrected chi connectivity index (χ1v) is 11.8. The lowest BCUT2D eigenvalue weighted by molar-refractivity contribution is 0.0710. The number of carbonyl (C=O) groups excluding carboxylic acids is 2. The number of aromatic nitrogens is 1. The van der Waals surface area contributed by atoms with Gasteiger partial charge in [-0.2, -0.15) is 11.8 Å². The summed E-state index contributed by atoms with van der Waals surface area (Å²) in [5.74, 6) is 3.28. The number of hydrogen-bond donors (Lipinski definition) is 0. The van der Waals surface area contributed by atoms with Crippen molar-refractivity contribution in [1.29, 1.82) is 0 Å². The molecule has 0 spiro atoms. The lowest BCUT2D eigenvalue weighted by Crippen LogP contribution is -2.38. The highest BCUT2D eigenvalue weighted by Gasteiger charge is 2.31. The highest BCUT2D eigenvalue weighted by atomic mass is 35.5. The van der Waals surface area contributed by atoms with Crippen LogP contribution >= 0.6 is 34.7 Å². The Kier molecular flexibility index (Phi) is 5.99. The molecule has 150 valence electrons. The van der Waals surface area contributed by atoms with Crippen LogP contribution in [0.3, 0.4) is 0 Å². The van der Waals surface area contributed by atoms with Crippen molar-refractivity contribution in [3.8, 4) is 0 Å². The molecule has 0 aliphatic carbocycles. The molecule has 0 atom stereocenters. The summed E-state index contributed by atoms with van der Waals surface area (Å²) in [5.41, 5.74) is 0.439. The van der Waals surface area contributed by atoms with Crippen LogP contribution in [0.5, 0.6) is 0 Å². The van der Waals surface area contributed by atoms with Gasteiger partial charge in [0.2, 0.25) is 0 Å². The molecule has 28 heavy (non-hydrogen) atoms. The van der Waals surface area contributed by atoms with E-state index in [4.69, 9.17) is 16.0 Å². The Morgan fingerprint density at radius 3 is 2.43 bits per heavy atom. The van der Waals surface area contributed by atoms with Crippen LogP contribution in [0.25, 0.3) is 0 Å². The third kappa shape index (κ3) is 4.09. The molecule has 2 aromatic rings. The third-order valence-corrected chi connectivity index (χ3v) is 7.39. The number of thioether (sulfide) groups is 1. The van der Waals surface area contributed by atoms with Crippen LogP contribution in [0.15, 0.2) is 16.5 Å². The normalized spacial score (nSPS) is 18.5. The molecule has 0 unspecified atom stereocenters. The van der Waals surface area contributed by atoms with Crippen molar-refractivity contribution in [3.05, 3.63) is 38.7 Å². The van der Waals surface area contributed by atoms with Crippen LogP contribution in [-0.4, -0.2) is 64.3 Å². The minimum atomic E-state index is -0.0324. The summed E-state index contributed by atoms with van der Waals surface area (Å²) < 4.78 is 6.49. The van der Waals surface area contributed by atoms with Crippen LogP contribution in [-0.2, 0) is 0 Å². The van der Waals surface area contributed by atoms with Gasteiger partial charge in [-0.25, -0.2) is 4.98 Å². The topological polar surface area (TPSA) is 66.7 Å². The van der Waals surface area contributed by atoms with E-state index in [1.54, 1.807) is 12.1 Å². The minimum Gasteiger partial charge on any atom is -0.445 e. The molecule has 0 aromatic carbocycles. The number of halogens is 1. The van der Waals surface area contributed by atoms with Crippen molar-refractivity contribution >= 4 is 46.5 Å². The van der Waals surface area contributed by atoms with E-state index < -0.39 is 0 Å². The lowest BCUT2D eigenvalue weighted by Gasteiger charge is -2.30. The quantitative estimate of drug-likeness (QED) is 0.725. The van der Waals surface area contributed by atoms with Crippen molar-refractivity contribution < 1.29 is 14.0 Å². The molecule has 2 aromatic heterocycles.